The lowest BCUT2D eigenvalue weighted by Gasteiger charge is -2.54. The SMILES string of the molecule is COC1CC(C)(C)N(Oc2c(ON3C(C)(C)CC(O)CC3(C)C)ccc3c2Nc2ccccc2S3)C(C)(C)C1. The van der Waals surface area contributed by atoms with Crippen LogP contribution in [0.15, 0.2) is 46.2 Å². The van der Waals surface area contributed by atoms with E-state index in [1.807, 2.05) is 12.1 Å². The molecule has 2 saturated heterocycles. The number of benzene rings is 2. The Bertz CT molecular complexity index is 1190. The van der Waals surface area contributed by atoms with Gasteiger partial charge in [-0.05, 0) is 105 Å². The van der Waals surface area contributed by atoms with Gasteiger partial charge in [-0.25, -0.2) is 0 Å². The zero-order valence-electron chi connectivity index (χ0n) is 24.9. The summed E-state index contributed by atoms with van der Waals surface area (Å²) in [7, 11) is 1.80. The van der Waals surface area contributed by atoms with Crippen LogP contribution in [0.5, 0.6) is 11.5 Å². The topological polar surface area (TPSA) is 66.4 Å². The maximum absolute atomic E-state index is 10.6. The Balaban J connectivity index is 1.59. The fraction of sp³-hybridized carbons (Fsp3) is 0.613. The molecule has 8 heteroatoms. The van der Waals surface area contributed by atoms with Crippen LogP contribution in [-0.4, -0.2) is 56.7 Å². The van der Waals surface area contributed by atoms with Gasteiger partial charge in [-0.2, -0.15) is 0 Å². The lowest BCUT2D eigenvalue weighted by Crippen LogP contribution is -2.64. The highest BCUT2D eigenvalue weighted by Crippen LogP contribution is 2.53. The van der Waals surface area contributed by atoms with Gasteiger partial charge in [0, 0.05) is 16.9 Å². The molecule has 0 aliphatic carbocycles. The molecule has 0 saturated carbocycles. The quantitative estimate of drug-likeness (QED) is 0.344. The van der Waals surface area contributed by atoms with Gasteiger partial charge in [0.1, 0.15) is 5.69 Å². The third kappa shape index (κ3) is 5.38. The fourth-order valence-electron chi connectivity index (χ4n) is 7.06. The maximum atomic E-state index is 10.6. The highest BCUT2D eigenvalue weighted by atomic mass is 32.2. The number of rotatable bonds is 5. The second-order valence-electron chi connectivity index (χ2n) is 13.8. The molecule has 7 nitrogen and oxygen atoms in total. The number of aliphatic hydroxyl groups excluding tert-OH is 1. The number of ether oxygens (including phenoxy) is 1. The number of hydroxylamine groups is 4. The van der Waals surface area contributed by atoms with Crippen LogP contribution in [0.1, 0.15) is 81.1 Å². The zero-order chi connectivity index (χ0) is 28.4. The average Bonchev–Trinajstić information content (AvgIpc) is 2.81. The van der Waals surface area contributed by atoms with E-state index in [1.54, 1.807) is 18.9 Å². The van der Waals surface area contributed by atoms with Crippen molar-refractivity contribution >= 4 is 23.1 Å². The van der Waals surface area contributed by atoms with E-state index in [0.29, 0.717) is 24.3 Å². The van der Waals surface area contributed by atoms with Crippen molar-refractivity contribution in [2.75, 3.05) is 12.4 Å². The molecule has 2 aromatic carbocycles. The molecule has 0 aromatic heterocycles. The van der Waals surface area contributed by atoms with Crippen LogP contribution >= 0.6 is 11.8 Å². The third-order valence-electron chi connectivity index (χ3n) is 8.28. The largest absolute Gasteiger partial charge is 0.401 e. The van der Waals surface area contributed by atoms with E-state index in [4.69, 9.17) is 14.4 Å². The fourth-order valence-corrected chi connectivity index (χ4v) is 8.05. The monoisotopic (exact) mass is 555 g/mol. The molecular weight excluding hydrogens is 510 g/mol. The van der Waals surface area contributed by atoms with Gasteiger partial charge in [0.2, 0.25) is 5.75 Å². The van der Waals surface area contributed by atoms with Gasteiger partial charge in [0.05, 0.1) is 40.1 Å². The molecule has 0 bridgehead atoms. The first-order valence-electron chi connectivity index (χ1n) is 14.0. The van der Waals surface area contributed by atoms with Crippen LogP contribution in [-0.2, 0) is 4.74 Å². The van der Waals surface area contributed by atoms with Gasteiger partial charge in [0.15, 0.2) is 5.75 Å². The molecule has 2 fully saturated rings. The van der Waals surface area contributed by atoms with Gasteiger partial charge in [0.25, 0.3) is 0 Å². The minimum absolute atomic E-state index is 0.164. The molecule has 0 unspecified atom stereocenters. The lowest BCUT2D eigenvalue weighted by molar-refractivity contribution is -0.248. The van der Waals surface area contributed by atoms with Gasteiger partial charge >= 0.3 is 0 Å². The van der Waals surface area contributed by atoms with Crippen molar-refractivity contribution in [2.24, 2.45) is 0 Å². The number of nitrogens with zero attached hydrogens (tertiary/aromatic N) is 2. The van der Waals surface area contributed by atoms with Crippen molar-refractivity contribution in [1.82, 2.24) is 10.1 Å². The number of hydrogen-bond acceptors (Lipinski definition) is 8. The summed E-state index contributed by atoms with van der Waals surface area (Å²) in [5.74, 6) is 1.32. The summed E-state index contributed by atoms with van der Waals surface area (Å²) in [5, 5.41) is 18.5. The molecule has 2 aromatic rings. The number of anilines is 2. The lowest BCUT2D eigenvalue weighted by atomic mass is 9.80. The molecule has 3 aliphatic heterocycles. The van der Waals surface area contributed by atoms with Crippen LogP contribution in [0.4, 0.5) is 11.4 Å². The van der Waals surface area contributed by atoms with Crippen molar-refractivity contribution < 1.29 is 19.5 Å². The molecular formula is C31H45N3O4S. The highest BCUT2D eigenvalue weighted by Gasteiger charge is 2.50. The van der Waals surface area contributed by atoms with Crippen molar-refractivity contribution in [3.63, 3.8) is 0 Å². The number of para-hydroxylation sites is 1. The van der Waals surface area contributed by atoms with E-state index in [1.165, 1.54) is 4.90 Å². The normalized spacial score (nSPS) is 24.4. The Morgan fingerprint density at radius 1 is 0.769 bits per heavy atom. The number of piperidine rings is 2. The Hall–Kier alpha value is -1.97. The van der Waals surface area contributed by atoms with Gasteiger partial charge in [-0.3, -0.25) is 0 Å². The highest BCUT2D eigenvalue weighted by molar-refractivity contribution is 7.99. The molecule has 0 spiro atoms. The van der Waals surface area contributed by atoms with Crippen LogP contribution in [0.3, 0.4) is 0 Å². The predicted octanol–water partition coefficient (Wildman–Crippen LogP) is 7.16. The Morgan fingerprint density at radius 2 is 1.33 bits per heavy atom. The van der Waals surface area contributed by atoms with Gasteiger partial charge < -0.3 is 24.8 Å². The van der Waals surface area contributed by atoms with Gasteiger partial charge in [-0.1, -0.05) is 23.9 Å². The smallest absolute Gasteiger partial charge is 0.216 e. The summed E-state index contributed by atoms with van der Waals surface area (Å²) in [6.45, 7) is 17.4. The standard InChI is InChI=1S/C31H45N3O4S/c1-28(2)16-20(35)17-29(3,4)33(28)37-23-14-15-25-26(32-22-12-10-11-13-24(22)39-25)27(23)38-34-30(5,6)18-21(36-9)19-31(34,7)8/h10-15,20-21,32,35H,16-19H2,1-9H3. The van der Waals surface area contributed by atoms with Crippen LogP contribution in [0, 0.1) is 0 Å². The second kappa shape index (κ2) is 9.84. The molecule has 2 N–H and O–H groups in total. The minimum Gasteiger partial charge on any atom is -0.401 e. The van der Waals surface area contributed by atoms with E-state index in [-0.39, 0.29) is 34.4 Å². The molecule has 0 atom stereocenters. The van der Waals surface area contributed by atoms with Crippen molar-refractivity contribution in [3.05, 3.63) is 36.4 Å². The molecule has 3 heterocycles. The molecule has 3 aliphatic rings. The second-order valence-corrected chi connectivity index (χ2v) is 14.9. The number of hydrogen-bond donors (Lipinski definition) is 2. The molecule has 0 amide bonds. The van der Waals surface area contributed by atoms with Crippen molar-refractivity contribution in [2.45, 2.75) is 125 Å². The first-order chi connectivity index (χ1) is 18.1. The first-order valence-corrected chi connectivity index (χ1v) is 14.8. The van der Waals surface area contributed by atoms with Crippen molar-refractivity contribution in [1.29, 1.82) is 0 Å². The third-order valence-corrected chi connectivity index (χ3v) is 9.42. The number of methoxy groups -OCH3 is 1. The minimum atomic E-state index is -0.377. The molecule has 0 radical (unpaired) electrons. The summed E-state index contributed by atoms with van der Waals surface area (Å²) < 4.78 is 5.82. The van der Waals surface area contributed by atoms with Gasteiger partial charge in [-0.15, -0.1) is 10.1 Å². The average molecular weight is 556 g/mol. The Labute approximate surface area is 238 Å². The van der Waals surface area contributed by atoms with E-state index in [9.17, 15) is 5.11 Å². The molecule has 39 heavy (non-hydrogen) atoms. The van der Waals surface area contributed by atoms with Crippen LogP contribution < -0.4 is 15.0 Å². The molecule has 214 valence electrons. The first kappa shape index (κ1) is 28.6. The summed E-state index contributed by atoms with van der Waals surface area (Å²) in [6, 6.07) is 12.5. The summed E-state index contributed by atoms with van der Waals surface area (Å²) in [4.78, 5) is 16.1. The predicted molar refractivity (Wildman–Crippen MR) is 157 cm³/mol. The van der Waals surface area contributed by atoms with Crippen LogP contribution in [0.2, 0.25) is 0 Å². The zero-order valence-corrected chi connectivity index (χ0v) is 25.7. The Morgan fingerprint density at radius 3 is 1.95 bits per heavy atom. The van der Waals surface area contributed by atoms with E-state index in [2.05, 4.69) is 95.1 Å². The Kier molecular flexibility index (Phi) is 7.20. The number of fused-ring (bicyclic) bond motifs is 2. The maximum Gasteiger partial charge on any atom is 0.216 e. The number of nitrogens with one attached hydrogen (secondary N) is 1. The van der Waals surface area contributed by atoms with Crippen LogP contribution in [0.25, 0.3) is 0 Å². The number of aliphatic hydroxyl groups is 1. The van der Waals surface area contributed by atoms with E-state index >= 15 is 0 Å². The van der Waals surface area contributed by atoms with E-state index < -0.39 is 0 Å². The summed E-state index contributed by atoms with van der Waals surface area (Å²) >= 11 is 1.73. The molecule has 5 rings (SSSR count). The van der Waals surface area contributed by atoms with Crippen molar-refractivity contribution in [3.8, 4) is 11.5 Å². The van der Waals surface area contributed by atoms with E-state index in [0.717, 1.165) is 29.1 Å². The summed E-state index contributed by atoms with van der Waals surface area (Å²) in [5.41, 5.74) is 0.641. The summed E-state index contributed by atoms with van der Waals surface area (Å²) in [6.07, 6.45) is 2.76.